The highest BCUT2D eigenvalue weighted by Crippen LogP contribution is 2.32. The Bertz CT molecular complexity index is 1270. The Labute approximate surface area is 177 Å². The van der Waals surface area contributed by atoms with Crippen LogP contribution in [-0.2, 0) is 17.9 Å². The first-order valence-corrected chi connectivity index (χ1v) is 9.82. The summed E-state index contributed by atoms with van der Waals surface area (Å²) in [6.45, 7) is 5.00. The first-order valence-electron chi connectivity index (χ1n) is 9.82. The molecule has 0 saturated heterocycles. The number of hydrogen-bond acceptors (Lipinski definition) is 7. The first kappa shape index (κ1) is 19.4. The van der Waals surface area contributed by atoms with Crippen molar-refractivity contribution in [1.29, 1.82) is 0 Å². The van der Waals surface area contributed by atoms with Crippen molar-refractivity contribution in [3.63, 3.8) is 0 Å². The molecule has 1 aliphatic rings. The zero-order valence-corrected chi connectivity index (χ0v) is 17.3. The van der Waals surface area contributed by atoms with Gasteiger partial charge < -0.3 is 14.0 Å². The summed E-state index contributed by atoms with van der Waals surface area (Å²) in [7, 11) is 1.41. The predicted octanol–water partition coefficient (Wildman–Crippen LogP) is 4.03. The topological polar surface area (TPSA) is 88.1 Å². The second-order valence-electron chi connectivity index (χ2n) is 7.50. The fourth-order valence-corrected chi connectivity index (χ4v) is 3.80. The highest BCUT2D eigenvalue weighted by atomic mass is 19.1. The highest BCUT2D eigenvalue weighted by Gasteiger charge is 2.28. The maximum atomic E-state index is 14.0. The van der Waals surface area contributed by atoms with Gasteiger partial charge in [0, 0.05) is 5.56 Å². The van der Waals surface area contributed by atoms with Crippen molar-refractivity contribution in [3.8, 4) is 28.7 Å². The zero-order valence-electron chi connectivity index (χ0n) is 17.3. The van der Waals surface area contributed by atoms with Crippen LogP contribution in [0.15, 0.2) is 40.9 Å². The molecule has 9 heteroatoms. The van der Waals surface area contributed by atoms with Gasteiger partial charge >= 0.3 is 0 Å². The quantitative estimate of drug-likeness (QED) is 0.491. The third kappa shape index (κ3) is 3.46. The van der Waals surface area contributed by atoms with Gasteiger partial charge in [-0.25, -0.2) is 9.07 Å². The molecule has 1 unspecified atom stereocenters. The molecule has 0 amide bonds. The second-order valence-corrected chi connectivity index (χ2v) is 7.50. The van der Waals surface area contributed by atoms with Crippen molar-refractivity contribution in [2.45, 2.75) is 33.1 Å². The van der Waals surface area contributed by atoms with Gasteiger partial charge in [0.1, 0.15) is 6.10 Å². The van der Waals surface area contributed by atoms with Crippen LogP contribution in [0.25, 0.3) is 23.0 Å². The number of aromatic nitrogens is 5. The number of ether oxygens (including phenoxy) is 2. The average molecular weight is 421 g/mol. The van der Waals surface area contributed by atoms with Gasteiger partial charge in [0.2, 0.25) is 5.82 Å². The molecule has 1 aliphatic heterocycles. The van der Waals surface area contributed by atoms with Crippen molar-refractivity contribution in [2.75, 3.05) is 7.11 Å². The fraction of sp³-hybridized carbons (Fsp3) is 0.273. The molecule has 2 aromatic heterocycles. The van der Waals surface area contributed by atoms with Gasteiger partial charge in [0.05, 0.1) is 26.0 Å². The summed E-state index contributed by atoms with van der Waals surface area (Å²) < 4.78 is 32.3. The third-order valence-electron chi connectivity index (χ3n) is 5.41. The standard InChI is InChI=1S/C22H20FN5O3/c1-12-4-6-15(13(2)8-12)19-10-28-17(11-30-19)20(25-27-28)22-24-21(26-31-22)14-5-7-18(29-3)16(23)9-14/h4-9,19H,10-11H2,1-3H3. The van der Waals surface area contributed by atoms with Crippen LogP contribution in [0.1, 0.15) is 28.5 Å². The first-order chi connectivity index (χ1) is 15.0. The average Bonchev–Trinajstić information content (AvgIpc) is 3.40. The number of hydrogen-bond donors (Lipinski definition) is 0. The minimum absolute atomic E-state index is 0.108. The van der Waals surface area contributed by atoms with Gasteiger partial charge in [-0.3, -0.25) is 0 Å². The normalized spacial score (nSPS) is 15.7. The Morgan fingerprint density at radius 1 is 1.16 bits per heavy atom. The van der Waals surface area contributed by atoms with E-state index < -0.39 is 5.82 Å². The van der Waals surface area contributed by atoms with E-state index in [9.17, 15) is 4.39 Å². The number of nitrogens with zero attached hydrogens (tertiary/aromatic N) is 5. The molecule has 0 spiro atoms. The van der Waals surface area contributed by atoms with Gasteiger partial charge in [-0.2, -0.15) is 4.98 Å². The van der Waals surface area contributed by atoms with Crippen LogP contribution in [0.3, 0.4) is 0 Å². The van der Waals surface area contributed by atoms with E-state index in [1.807, 2.05) is 0 Å². The molecule has 0 fully saturated rings. The predicted molar refractivity (Wildman–Crippen MR) is 109 cm³/mol. The van der Waals surface area contributed by atoms with Crippen LogP contribution in [0.5, 0.6) is 5.75 Å². The summed E-state index contributed by atoms with van der Waals surface area (Å²) in [5.41, 5.74) is 5.23. The number of aryl methyl sites for hydroxylation is 2. The number of rotatable bonds is 4. The monoisotopic (exact) mass is 421 g/mol. The Morgan fingerprint density at radius 2 is 2.03 bits per heavy atom. The molecule has 0 aliphatic carbocycles. The molecule has 0 N–H and O–H groups in total. The van der Waals surface area contributed by atoms with Crippen LogP contribution in [0.2, 0.25) is 0 Å². The van der Waals surface area contributed by atoms with E-state index in [-0.39, 0.29) is 23.6 Å². The van der Waals surface area contributed by atoms with E-state index in [2.05, 4.69) is 52.5 Å². The van der Waals surface area contributed by atoms with E-state index in [4.69, 9.17) is 14.0 Å². The maximum absolute atomic E-state index is 14.0. The van der Waals surface area contributed by atoms with Gasteiger partial charge in [0.15, 0.2) is 17.3 Å². The number of fused-ring (bicyclic) bond motifs is 1. The van der Waals surface area contributed by atoms with Gasteiger partial charge in [-0.1, -0.05) is 34.1 Å². The van der Waals surface area contributed by atoms with E-state index >= 15 is 0 Å². The summed E-state index contributed by atoms with van der Waals surface area (Å²) in [5.74, 6) is 0.109. The van der Waals surface area contributed by atoms with Gasteiger partial charge in [-0.15, -0.1) is 5.10 Å². The fourth-order valence-electron chi connectivity index (χ4n) is 3.80. The number of halogens is 1. The summed E-state index contributed by atoms with van der Waals surface area (Å²) in [6.07, 6.45) is -0.108. The molecule has 0 radical (unpaired) electrons. The van der Waals surface area contributed by atoms with Crippen LogP contribution in [-0.4, -0.2) is 32.2 Å². The molecule has 0 saturated carbocycles. The highest BCUT2D eigenvalue weighted by molar-refractivity contribution is 5.60. The lowest BCUT2D eigenvalue weighted by molar-refractivity contribution is -0.00153. The summed E-state index contributed by atoms with van der Waals surface area (Å²) in [5, 5.41) is 12.4. The van der Waals surface area contributed by atoms with E-state index in [0.29, 0.717) is 24.4 Å². The third-order valence-corrected chi connectivity index (χ3v) is 5.41. The lowest BCUT2D eigenvalue weighted by Gasteiger charge is -2.25. The van der Waals surface area contributed by atoms with E-state index in [1.54, 1.807) is 10.7 Å². The molecule has 158 valence electrons. The molecule has 5 rings (SSSR count). The molecular weight excluding hydrogens is 401 g/mol. The van der Waals surface area contributed by atoms with Gasteiger partial charge in [-0.05, 0) is 43.2 Å². The molecule has 31 heavy (non-hydrogen) atoms. The SMILES string of the molecule is COc1ccc(-c2noc(-c3nnn4c3COC(c3ccc(C)cc3C)C4)n2)cc1F. The van der Waals surface area contributed by atoms with Gasteiger partial charge in [0.25, 0.3) is 5.89 Å². The van der Waals surface area contributed by atoms with Crippen molar-refractivity contribution in [3.05, 3.63) is 64.6 Å². The van der Waals surface area contributed by atoms with Crippen LogP contribution in [0.4, 0.5) is 4.39 Å². The number of benzene rings is 2. The zero-order chi connectivity index (χ0) is 21.5. The van der Waals surface area contributed by atoms with Crippen LogP contribution >= 0.6 is 0 Å². The van der Waals surface area contributed by atoms with E-state index in [1.165, 1.54) is 30.4 Å². The maximum Gasteiger partial charge on any atom is 0.280 e. The van der Waals surface area contributed by atoms with Crippen molar-refractivity contribution in [2.24, 2.45) is 0 Å². The molecule has 0 bridgehead atoms. The Balaban J connectivity index is 1.41. The number of methoxy groups -OCH3 is 1. The van der Waals surface area contributed by atoms with Crippen LogP contribution in [0, 0.1) is 19.7 Å². The molecule has 8 nitrogen and oxygen atoms in total. The minimum atomic E-state index is -0.502. The largest absolute Gasteiger partial charge is 0.494 e. The Hall–Kier alpha value is -3.59. The smallest absolute Gasteiger partial charge is 0.280 e. The molecule has 4 aromatic rings. The van der Waals surface area contributed by atoms with E-state index in [0.717, 1.165) is 11.3 Å². The van der Waals surface area contributed by atoms with Crippen molar-refractivity contribution in [1.82, 2.24) is 25.1 Å². The second kappa shape index (κ2) is 7.59. The molecule has 2 aromatic carbocycles. The Kier molecular flexibility index (Phi) is 4.74. The minimum Gasteiger partial charge on any atom is -0.494 e. The summed E-state index contributed by atoms with van der Waals surface area (Å²) >= 11 is 0. The molecule has 1 atom stereocenters. The summed E-state index contributed by atoms with van der Waals surface area (Å²) in [4.78, 5) is 4.37. The van der Waals surface area contributed by atoms with Crippen LogP contribution < -0.4 is 4.74 Å². The Morgan fingerprint density at radius 3 is 2.81 bits per heavy atom. The lowest BCUT2D eigenvalue weighted by Crippen LogP contribution is -2.22. The van der Waals surface area contributed by atoms with Crippen molar-refractivity contribution < 1.29 is 18.4 Å². The summed E-state index contributed by atoms with van der Waals surface area (Å²) in [6, 6.07) is 10.8. The molecular formula is C22H20FN5O3. The molecule has 3 heterocycles. The van der Waals surface area contributed by atoms with Crippen molar-refractivity contribution >= 4 is 0 Å². The lowest BCUT2D eigenvalue weighted by atomic mass is 10.0.